The lowest BCUT2D eigenvalue weighted by Crippen LogP contribution is -2.28. The lowest BCUT2D eigenvalue weighted by Gasteiger charge is -2.19. The Kier molecular flexibility index (Phi) is 3.72. The molecule has 4 rings (SSSR count). The molecular weight excluding hydrogens is 318 g/mol. The first kappa shape index (κ1) is 15.4. The van der Waals surface area contributed by atoms with Crippen LogP contribution in [0.5, 0.6) is 0 Å². The zero-order valence-corrected chi connectivity index (χ0v) is 13.7. The molecule has 1 saturated heterocycles. The van der Waals surface area contributed by atoms with Gasteiger partial charge in [-0.2, -0.15) is 0 Å². The van der Waals surface area contributed by atoms with Crippen LogP contribution in [0.2, 0.25) is 0 Å². The van der Waals surface area contributed by atoms with Gasteiger partial charge in [-0.3, -0.25) is 9.59 Å². The summed E-state index contributed by atoms with van der Waals surface area (Å²) in [5, 5.41) is 8.57. The molecule has 0 aliphatic carbocycles. The van der Waals surface area contributed by atoms with Gasteiger partial charge in [0.25, 0.3) is 0 Å². The molecule has 0 saturated carbocycles. The van der Waals surface area contributed by atoms with Crippen molar-refractivity contribution in [1.82, 2.24) is 5.16 Å². The smallest absolute Gasteiger partial charge is 0.231 e. The highest BCUT2D eigenvalue weighted by atomic mass is 16.5. The van der Waals surface area contributed by atoms with Gasteiger partial charge < -0.3 is 14.7 Å². The van der Waals surface area contributed by atoms with E-state index in [-0.39, 0.29) is 18.2 Å². The monoisotopic (exact) mass is 335 g/mol. The summed E-state index contributed by atoms with van der Waals surface area (Å²) in [4.78, 5) is 26.7. The molecule has 1 fully saturated rings. The third-order valence-electron chi connectivity index (χ3n) is 4.54. The summed E-state index contributed by atoms with van der Waals surface area (Å²) in [7, 11) is 0. The van der Waals surface area contributed by atoms with E-state index in [1.807, 2.05) is 42.5 Å². The molecule has 1 aromatic heterocycles. The molecule has 126 valence electrons. The fourth-order valence-corrected chi connectivity index (χ4v) is 3.19. The van der Waals surface area contributed by atoms with Gasteiger partial charge >= 0.3 is 0 Å². The Hall–Kier alpha value is -3.15. The van der Waals surface area contributed by atoms with E-state index in [1.54, 1.807) is 11.8 Å². The van der Waals surface area contributed by atoms with Crippen LogP contribution in [-0.4, -0.2) is 23.5 Å². The first-order chi connectivity index (χ1) is 12.1. The second-order valence-corrected chi connectivity index (χ2v) is 6.24. The van der Waals surface area contributed by atoms with Crippen LogP contribution in [0.4, 0.5) is 11.5 Å². The topological polar surface area (TPSA) is 75.4 Å². The van der Waals surface area contributed by atoms with Crippen LogP contribution in [0.15, 0.2) is 53.3 Å². The molecule has 1 aliphatic rings. The summed E-state index contributed by atoms with van der Waals surface area (Å²) in [6.07, 6.45) is 1.66. The van der Waals surface area contributed by atoms with Gasteiger partial charge in [0.15, 0.2) is 5.82 Å². The predicted molar refractivity (Wildman–Crippen MR) is 94.3 cm³/mol. The number of amides is 2. The van der Waals surface area contributed by atoms with Crippen molar-refractivity contribution in [2.45, 2.75) is 13.3 Å². The Morgan fingerprint density at radius 3 is 2.84 bits per heavy atom. The minimum atomic E-state index is -0.414. The summed E-state index contributed by atoms with van der Waals surface area (Å²) in [6, 6.07) is 13.8. The number of nitrogens with one attached hydrogen (secondary N) is 1. The third-order valence-corrected chi connectivity index (χ3v) is 4.54. The molecule has 2 amide bonds. The number of anilines is 2. The summed E-state index contributed by atoms with van der Waals surface area (Å²) in [5.74, 6) is -0.273. The lowest BCUT2D eigenvalue weighted by atomic mass is 10.1. The average molecular weight is 335 g/mol. The van der Waals surface area contributed by atoms with Gasteiger partial charge in [-0.1, -0.05) is 41.6 Å². The summed E-state index contributed by atoms with van der Waals surface area (Å²) in [5.41, 5.74) is 1.60. The van der Waals surface area contributed by atoms with Crippen LogP contribution >= 0.6 is 0 Å². The third kappa shape index (κ3) is 2.76. The number of aromatic nitrogens is 1. The maximum Gasteiger partial charge on any atom is 0.231 e. The minimum absolute atomic E-state index is 0.0478. The first-order valence-corrected chi connectivity index (χ1v) is 8.13. The van der Waals surface area contributed by atoms with Crippen molar-refractivity contribution >= 4 is 34.1 Å². The molecule has 6 nitrogen and oxygen atoms in total. The van der Waals surface area contributed by atoms with Gasteiger partial charge in [0.1, 0.15) is 6.26 Å². The van der Waals surface area contributed by atoms with E-state index in [1.165, 1.54) is 6.26 Å². The van der Waals surface area contributed by atoms with Crippen LogP contribution in [0.1, 0.15) is 12.0 Å². The molecule has 1 N–H and O–H groups in total. The highest BCUT2D eigenvalue weighted by Crippen LogP contribution is 2.32. The number of fused-ring (bicyclic) bond motifs is 1. The molecule has 1 unspecified atom stereocenters. The number of carbonyl (C=O) groups excluding carboxylic acids is 2. The van der Waals surface area contributed by atoms with Crippen molar-refractivity contribution in [3.8, 4) is 0 Å². The number of carbonyl (C=O) groups is 2. The van der Waals surface area contributed by atoms with E-state index in [9.17, 15) is 9.59 Å². The van der Waals surface area contributed by atoms with Crippen LogP contribution in [0, 0.1) is 12.8 Å². The van der Waals surface area contributed by atoms with Crippen molar-refractivity contribution in [1.29, 1.82) is 0 Å². The van der Waals surface area contributed by atoms with Gasteiger partial charge in [0, 0.05) is 23.9 Å². The molecule has 25 heavy (non-hydrogen) atoms. The van der Waals surface area contributed by atoms with E-state index in [0.717, 1.165) is 22.0 Å². The standard InChI is InChI=1S/C19H17N3O3/c1-12-11-25-21-18(12)20-19(24)14-9-17(23)22(10-14)16-8-4-6-13-5-2-3-7-15(13)16/h2-8,11,14H,9-10H2,1H3,(H,20,21,24). The summed E-state index contributed by atoms with van der Waals surface area (Å²) >= 11 is 0. The molecule has 0 radical (unpaired) electrons. The molecule has 1 atom stereocenters. The van der Waals surface area contributed by atoms with E-state index in [4.69, 9.17) is 4.52 Å². The quantitative estimate of drug-likeness (QED) is 0.798. The number of hydrogen-bond acceptors (Lipinski definition) is 4. The zero-order chi connectivity index (χ0) is 17.4. The number of hydrogen-bond donors (Lipinski definition) is 1. The molecule has 2 aromatic carbocycles. The SMILES string of the molecule is Cc1conc1NC(=O)C1CC(=O)N(c2cccc3ccccc23)C1. The van der Waals surface area contributed by atoms with E-state index >= 15 is 0 Å². The Bertz CT molecular complexity index is 958. The first-order valence-electron chi connectivity index (χ1n) is 8.13. The summed E-state index contributed by atoms with van der Waals surface area (Å²) in [6.45, 7) is 2.16. The second kappa shape index (κ2) is 6.05. The molecule has 0 bridgehead atoms. The van der Waals surface area contributed by atoms with Crippen LogP contribution in [-0.2, 0) is 9.59 Å². The highest BCUT2D eigenvalue weighted by molar-refractivity contribution is 6.08. The molecule has 3 aromatic rings. The Morgan fingerprint density at radius 2 is 2.04 bits per heavy atom. The predicted octanol–water partition coefficient (Wildman–Crippen LogP) is 3.13. The van der Waals surface area contributed by atoms with E-state index < -0.39 is 5.92 Å². The molecule has 6 heteroatoms. The number of nitrogens with zero attached hydrogens (tertiary/aromatic N) is 2. The fourth-order valence-electron chi connectivity index (χ4n) is 3.19. The maximum atomic E-state index is 12.5. The maximum absolute atomic E-state index is 12.5. The Labute approximate surface area is 144 Å². The normalized spacial score (nSPS) is 17.2. The fraction of sp³-hybridized carbons (Fsp3) is 0.211. The lowest BCUT2D eigenvalue weighted by molar-refractivity contribution is -0.122. The molecular formula is C19H17N3O3. The minimum Gasteiger partial charge on any atom is -0.362 e. The highest BCUT2D eigenvalue weighted by Gasteiger charge is 2.36. The summed E-state index contributed by atoms with van der Waals surface area (Å²) < 4.78 is 4.83. The molecule has 0 spiro atoms. The van der Waals surface area contributed by atoms with Gasteiger partial charge in [-0.05, 0) is 18.4 Å². The number of benzene rings is 2. The Morgan fingerprint density at radius 1 is 1.24 bits per heavy atom. The zero-order valence-electron chi connectivity index (χ0n) is 13.7. The molecule has 2 heterocycles. The van der Waals surface area contributed by atoms with E-state index in [0.29, 0.717) is 12.4 Å². The molecule has 1 aliphatic heterocycles. The van der Waals surface area contributed by atoms with Crippen molar-refractivity contribution in [2.24, 2.45) is 5.92 Å². The van der Waals surface area contributed by atoms with Gasteiger partial charge in [0.05, 0.1) is 11.6 Å². The van der Waals surface area contributed by atoms with E-state index in [2.05, 4.69) is 10.5 Å². The van der Waals surface area contributed by atoms with Crippen molar-refractivity contribution < 1.29 is 14.1 Å². The largest absolute Gasteiger partial charge is 0.362 e. The van der Waals surface area contributed by atoms with Gasteiger partial charge in [-0.15, -0.1) is 0 Å². The number of aryl methyl sites for hydroxylation is 1. The van der Waals surface area contributed by atoms with Gasteiger partial charge in [-0.25, -0.2) is 0 Å². The van der Waals surface area contributed by atoms with Crippen molar-refractivity contribution in [3.63, 3.8) is 0 Å². The van der Waals surface area contributed by atoms with Crippen LogP contribution in [0.3, 0.4) is 0 Å². The average Bonchev–Trinajstić information content (AvgIpc) is 3.20. The van der Waals surface area contributed by atoms with Crippen LogP contribution in [0.25, 0.3) is 10.8 Å². The van der Waals surface area contributed by atoms with Gasteiger partial charge in [0.2, 0.25) is 11.8 Å². The Balaban J connectivity index is 1.58. The van der Waals surface area contributed by atoms with Crippen molar-refractivity contribution in [2.75, 3.05) is 16.8 Å². The van der Waals surface area contributed by atoms with Crippen LogP contribution < -0.4 is 10.2 Å². The second-order valence-electron chi connectivity index (χ2n) is 6.24. The number of rotatable bonds is 3. The van der Waals surface area contributed by atoms with Crippen molar-refractivity contribution in [3.05, 3.63) is 54.3 Å².